The van der Waals surface area contributed by atoms with Crippen LogP contribution < -0.4 is 15.2 Å². The molecular weight excluding hydrogens is 410 g/mol. The molecule has 0 saturated carbocycles. The molecule has 0 spiro atoms. The SMILES string of the molecule is NC(=O)COc1ccc(-c2noc(-c3ccn(COc4ccccc4Cl)n3)n2)cc1. The molecule has 2 aromatic carbocycles. The molecule has 9 nitrogen and oxygen atoms in total. The molecule has 2 aromatic heterocycles. The molecule has 0 aliphatic heterocycles. The number of hydrogen-bond acceptors (Lipinski definition) is 7. The lowest BCUT2D eigenvalue weighted by Gasteiger charge is -2.07. The van der Waals surface area contributed by atoms with E-state index < -0.39 is 5.91 Å². The van der Waals surface area contributed by atoms with E-state index in [4.69, 9.17) is 31.3 Å². The van der Waals surface area contributed by atoms with Crippen molar-refractivity contribution in [1.82, 2.24) is 19.9 Å². The summed E-state index contributed by atoms with van der Waals surface area (Å²) in [5, 5.41) is 8.88. The molecule has 4 rings (SSSR count). The molecule has 0 aliphatic carbocycles. The molecule has 30 heavy (non-hydrogen) atoms. The fourth-order valence-corrected chi connectivity index (χ4v) is 2.73. The Hall–Kier alpha value is -3.85. The van der Waals surface area contributed by atoms with Crippen LogP contribution >= 0.6 is 11.6 Å². The van der Waals surface area contributed by atoms with E-state index in [0.717, 1.165) is 5.56 Å². The van der Waals surface area contributed by atoms with Crippen molar-refractivity contribution in [1.29, 1.82) is 0 Å². The van der Waals surface area contributed by atoms with Crippen LogP contribution in [0.3, 0.4) is 0 Å². The van der Waals surface area contributed by atoms with E-state index in [-0.39, 0.29) is 19.2 Å². The molecule has 0 aliphatic rings. The summed E-state index contributed by atoms with van der Waals surface area (Å²) in [6.45, 7) is -0.00789. The Bertz CT molecular complexity index is 1160. The van der Waals surface area contributed by atoms with Gasteiger partial charge >= 0.3 is 0 Å². The lowest BCUT2D eigenvalue weighted by Crippen LogP contribution is -2.19. The van der Waals surface area contributed by atoms with Gasteiger partial charge in [-0.15, -0.1) is 0 Å². The van der Waals surface area contributed by atoms with Gasteiger partial charge in [-0.3, -0.25) is 4.79 Å². The lowest BCUT2D eigenvalue weighted by atomic mass is 10.2. The number of primary amides is 1. The van der Waals surface area contributed by atoms with E-state index in [1.807, 2.05) is 12.1 Å². The molecule has 0 bridgehead atoms. The Morgan fingerprint density at radius 3 is 2.67 bits per heavy atom. The second-order valence-corrected chi connectivity index (χ2v) is 6.55. The highest BCUT2D eigenvalue weighted by molar-refractivity contribution is 6.32. The zero-order chi connectivity index (χ0) is 20.9. The van der Waals surface area contributed by atoms with Crippen molar-refractivity contribution in [3.8, 4) is 34.5 Å². The monoisotopic (exact) mass is 425 g/mol. The van der Waals surface area contributed by atoms with Crippen LogP contribution in [0.5, 0.6) is 11.5 Å². The average molecular weight is 426 g/mol. The zero-order valence-electron chi connectivity index (χ0n) is 15.6. The van der Waals surface area contributed by atoms with Gasteiger partial charge in [0.15, 0.2) is 19.0 Å². The first-order chi connectivity index (χ1) is 14.6. The lowest BCUT2D eigenvalue weighted by molar-refractivity contribution is -0.119. The number of carbonyl (C=O) groups is 1. The summed E-state index contributed by atoms with van der Waals surface area (Å²) in [4.78, 5) is 15.1. The van der Waals surface area contributed by atoms with Crippen molar-refractivity contribution in [2.75, 3.05) is 6.61 Å². The average Bonchev–Trinajstić information content (AvgIpc) is 3.42. The molecule has 152 valence electrons. The largest absolute Gasteiger partial charge is 0.484 e. The first-order valence-electron chi connectivity index (χ1n) is 8.85. The van der Waals surface area contributed by atoms with E-state index >= 15 is 0 Å². The molecule has 2 N–H and O–H groups in total. The zero-order valence-corrected chi connectivity index (χ0v) is 16.3. The quantitative estimate of drug-likeness (QED) is 0.460. The second kappa shape index (κ2) is 8.66. The molecule has 0 fully saturated rings. The van der Waals surface area contributed by atoms with Crippen molar-refractivity contribution in [3.05, 3.63) is 65.8 Å². The molecule has 1 amide bonds. The number of nitrogens with zero attached hydrogens (tertiary/aromatic N) is 4. The summed E-state index contributed by atoms with van der Waals surface area (Å²) >= 11 is 6.08. The van der Waals surface area contributed by atoms with E-state index in [2.05, 4.69) is 15.2 Å². The molecule has 0 unspecified atom stereocenters. The number of para-hydroxylation sites is 1. The molecular formula is C20H16ClN5O4. The van der Waals surface area contributed by atoms with Crippen LogP contribution in [0.2, 0.25) is 5.02 Å². The molecule has 10 heteroatoms. The number of nitrogens with two attached hydrogens (primary N) is 1. The number of hydrogen-bond donors (Lipinski definition) is 1. The minimum Gasteiger partial charge on any atom is -0.484 e. The van der Waals surface area contributed by atoms with Crippen molar-refractivity contribution < 1.29 is 18.8 Å². The number of aromatic nitrogens is 4. The van der Waals surface area contributed by atoms with Gasteiger partial charge in [-0.2, -0.15) is 10.1 Å². The second-order valence-electron chi connectivity index (χ2n) is 6.15. The van der Waals surface area contributed by atoms with Crippen LogP contribution in [-0.4, -0.2) is 32.4 Å². The van der Waals surface area contributed by atoms with Crippen LogP contribution in [0.4, 0.5) is 0 Å². The van der Waals surface area contributed by atoms with Gasteiger partial charge in [-0.05, 0) is 42.5 Å². The van der Waals surface area contributed by atoms with Crippen LogP contribution in [0, 0.1) is 0 Å². The highest BCUT2D eigenvalue weighted by atomic mass is 35.5. The third-order valence-electron chi connectivity index (χ3n) is 3.97. The molecule has 4 aromatic rings. The Morgan fingerprint density at radius 2 is 1.90 bits per heavy atom. The molecule has 0 radical (unpaired) electrons. The highest BCUT2D eigenvalue weighted by Crippen LogP contribution is 2.25. The van der Waals surface area contributed by atoms with E-state index in [9.17, 15) is 4.79 Å². The van der Waals surface area contributed by atoms with Crippen molar-refractivity contribution >= 4 is 17.5 Å². The van der Waals surface area contributed by atoms with Gasteiger partial charge in [0, 0.05) is 11.8 Å². The Kier molecular flexibility index (Phi) is 5.62. The fraction of sp³-hybridized carbons (Fsp3) is 0.100. The standard InChI is InChI=1S/C20H16ClN5O4/c21-15-3-1-2-4-17(15)29-12-26-10-9-16(24-26)20-23-19(25-30-20)13-5-7-14(8-6-13)28-11-18(22)27/h1-10H,11-12H2,(H2,22,27). The molecule has 0 saturated heterocycles. The number of amides is 1. The maximum atomic E-state index is 10.8. The van der Waals surface area contributed by atoms with E-state index in [0.29, 0.717) is 28.0 Å². The summed E-state index contributed by atoms with van der Waals surface area (Å²) in [6, 6.07) is 15.8. The van der Waals surface area contributed by atoms with Crippen molar-refractivity contribution in [2.24, 2.45) is 5.73 Å². The predicted molar refractivity (Wildman–Crippen MR) is 108 cm³/mol. The normalized spacial score (nSPS) is 10.7. The summed E-state index contributed by atoms with van der Waals surface area (Å²) in [5.74, 6) is 1.21. The van der Waals surface area contributed by atoms with Crippen molar-refractivity contribution in [3.63, 3.8) is 0 Å². The maximum Gasteiger partial charge on any atom is 0.278 e. The van der Waals surface area contributed by atoms with E-state index in [1.165, 1.54) is 0 Å². The number of rotatable bonds is 8. The topological polar surface area (TPSA) is 118 Å². The Balaban J connectivity index is 1.42. The van der Waals surface area contributed by atoms with Crippen molar-refractivity contribution in [2.45, 2.75) is 6.73 Å². The third-order valence-corrected chi connectivity index (χ3v) is 4.28. The van der Waals surface area contributed by atoms with Gasteiger partial charge < -0.3 is 19.7 Å². The fourth-order valence-electron chi connectivity index (χ4n) is 2.54. The van der Waals surface area contributed by atoms with Crippen LogP contribution in [0.1, 0.15) is 0 Å². The Morgan fingerprint density at radius 1 is 1.10 bits per heavy atom. The van der Waals surface area contributed by atoms with Crippen LogP contribution in [0.15, 0.2) is 65.3 Å². The first kappa shape index (κ1) is 19.5. The summed E-state index contributed by atoms with van der Waals surface area (Å²) in [6.07, 6.45) is 1.74. The van der Waals surface area contributed by atoms with Crippen LogP contribution in [-0.2, 0) is 11.5 Å². The first-order valence-corrected chi connectivity index (χ1v) is 9.23. The van der Waals surface area contributed by atoms with Gasteiger partial charge in [0.25, 0.3) is 11.8 Å². The number of benzene rings is 2. The minimum absolute atomic E-state index is 0.178. The highest BCUT2D eigenvalue weighted by Gasteiger charge is 2.14. The molecule has 2 heterocycles. The van der Waals surface area contributed by atoms with Gasteiger partial charge in [-0.25, -0.2) is 4.68 Å². The van der Waals surface area contributed by atoms with Gasteiger partial charge in [0.1, 0.15) is 11.5 Å². The maximum absolute atomic E-state index is 10.8. The van der Waals surface area contributed by atoms with Gasteiger partial charge in [0.05, 0.1) is 5.02 Å². The number of carbonyl (C=O) groups excluding carboxylic acids is 1. The minimum atomic E-state index is -0.543. The number of ether oxygens (including phenoxy) is 2. The third kappa shape index (κ3) is 4.58. The van der Waals surface area contributed by atoms with Crippen LogP contribution in [0.25, 0.3) is 23.0 Å². The Labute approximate surface area is 176 Å². The van der Waals surface area contributed by atoms with Gasteiger partial charge in [0.2, 0.25) is 5.82 Å². The molecule has 0 atom stereocenters. The predicted octanol–water partition coefficient (Wildman–Crippen LogP) is 3.15. The summed E-state index contributed by atoms with van der Waals surface area (Å²) < 4.78 is 17.8. The smallest absolute Gasteiger partial charge is 0.278 e. The summed E-state index contributed by atoms with van der Waals surface area (Å²) in [5.41, 5.74) is 6.29. The van der Waals surface area contributed by atoms with Gasteiger partial charge in [-0.1, -0.05) is 28.9 Å². The number of halogens is 1. The van der Waals surface area contributed by atoms with E-state index in [1.54, 1.807) is 53.3 Å². The summed E-state index contributed by atoms with van der Waals surface area (Å²) in [7, 11) is 0.